The van der Waals surface area contributed by atoms with Crippen molar-refractivity contribution < 1.29 is 30.8 Å². The quantitative estimate of drug-likeness (QED) is 0.331. The minimum Gasteiger partial charge on any atom is -0.366 e. The number of fused-ring (bicyclic) bond motifs is 1. The zero-order valence-corrected chi connectivity index (χ0v) is 21.3. The molecule has 0 aliphatic rings. The molecule has 0 unspecified atom stereocenters. The van der Waals surface area contributed by atoms with Crippen LogP contribution in [0.25, 0.3) is 28.1 Å². The highest BCUT2D eigenvalue weighted by Crippen LogP contribution is 2.37. The van der Waals surface area contributed by atoms with Gasteiger partial charge in [0, 0.05) is 17.8 Å². The van der Waals surface area contributed by atoms with Gasteiger partial charge in [0.15, 0.2) is 0 Å². The molecule has 0 bridgehead atoms. The van der Waals surface area contributed by atoms with Gasteiger partial charge in [-0.15, -0.1) is 0 Å². The summed E-state index contributed by atoms with van der Waals surface area (Å²) in [6.45, 7) is 4.28. The normalized spacial score (nSPS) is 13.1. The molecule has 0 fully saturated rings. The highest BCUT2D eigenvalue weighted by Gasteiger charge is 2.39. The number of amides is 1. The summed E-state index contributed by atoms with van der Waals surface area (Å²) in [5, 5.41) is 0.199. The first-order chi connectivity index (χ1) is 17.7. The Morgan fingerprint density at radius 1 is 1.16 bits per heavy atom. The van der Waals surface area contributed by atoms with Crippen molar-refractivity contribution in [3.63, 3.8) is 0 Å². The number of aryl methyl sites for hydroxylation is 2. The summed E-state index contributed by atoms with van der Waals surface area (Å²) in [4.78, 5) is 20.7. The van der Waals surface area contributed by atoms with E-state index in [1.165, 1.54) is 12.1 Å². The van der Waals surface area contributed by atoms with Crippen LogP contribution in [0.3, 0.4) is 0 Å². The van der Waals surface area contributed by atoms with E-state index in [0.29, 0.717) is 30.2 Å². The highest BCUT2D eigenvalue weighted by molar-refractivity contribution is 7.89. The highest BCUT2D eigenvalue weighted by atomic mass is 32.2. The van der Waals surface area contributed by atoms with Crippen molar-refractivity contribution in [3.05, 3.63) is 71.3 Å². The zero-order chi connectivity index (χ0) is 28.0. The van der Waals surface area contributed by atoms with Crippen molar-refractivity contribution in [3.8, 4) is 17.2 Å². The summed E-state index contributed by atoms with van der Waals surface area (Å²) in [7, 11) is -4.57. The van der Waals surface area contributed by atoms with Crippen molar-refractivity contribution in [1.29, 1.82) is 0 Å². The number of carbonyl (C=O) groups excluding carboxylic acids is 1. The molecule has 0 spiro atoms. The lowest BCUT2D eigenvalue weighted by Crippen LogP contribution is -2.42. The lowest BCUT2D eigenvalue weighted by Gasteiger charge is -2.17. The first-order valence-corrected chi connectivity index (χ1v) is 12.9. The van der Waals surface area contributed by atoms with Gasteiger partial charge in [-0.1, -0.05) is 6.92 Å². The van der Waals surface area contributed by atoms with Crippen LogP contribution in [0.1, 0.15) is 35.3 Å². The van der Waals surface area contributed by atoms with Crippen LogP contribution in [0.2, 0.25) is 0 Å². The van der Waals surface area contributed by atoms with E-state index < -0.39 is 38.9 Å². The lowest BCUT2D eigenvalue weighted by atomic mass is 10.0. The van der Waals surface area contributed by atoms with Crippen molar-refractivity contribution in [2.45, 2.75) is 44.3 Å². The average Bonchev–Trinajstić information content (AvgIpc) is 3.16. The number of nitrogens with zero attached hydrogens (tertiary/aromatic N) is 3. The van der Waals surface area contributed by atoms with Crippen LogP contribution in [-0.4, -0.2) is 41.1 Å². The minimum atomic E-state index is -4.79. The number of hydrogen-bond acceptors (Lipinski definition) is 5. The van der Waals surface area contributed by atoms with E-state index in [9.17, 15) is 30.8 Å². The Bertz CT molecular complexity index is 1650. The molecule has 0 radical (unpaired) electrons. The number of primary amides is 1. The van der Waals surface area contributed by atoms with Crippen molar-refractivity contribution >= 4 is 26.8 Å². The second-order valence-corrected chi connectivity index (χ2v) is 10.4. The molecule has 0 aliphatic heterocycles. The van der Waals surface area contributed by atoms with Crippen LogP contribution in [0, 0.1) is 12.7 Å². The molecular formula is C25H23F4N5O3S. The van der Waals surface area contributed by atoms with Crippen LogP contribution in [0.4, 0.5) is 17.6 Å². The number of halogens is 4. The number of pyridine rings is 2. The van der Waals surface area contributed by atoms with E-state index in [1.54, 1.807) is 40.6 Å². The van der Waals surface area contributed by atoms with Gasteiger partial charge in [-0.05, 0) is 67.8 Å². The Morgan fingerprint density at radius 2 is 1.87 bits per heavy atom. The molecule has 3 aromatic heterocycles. The Morgan fingerprint density at radius 3 is 2.42 bits per heavy atom. The molecule has 38 heavy (non-hydrogen) atoms. The Kier molecular flexibility index (Phi) is 7.01. The molecule has 1 atom stereocenters. The third kappa shape index (κ3) is 4.98. The van der Waals surface area contributed by atoms with Gasteiger partial charge >= 0.3 is 6.18 Å². The lowest BCUT2D eigenvalue weighted by molar-refractivity contribution is -0.147. The Hall–Kier alpha value is -3.84. The van der Waals surface area contributed by atoms with Crippen molar-refractivity contribution in [2.24, 2.45) is 5.73 Å². The topological polar surface area (TPSA) is 120 Å². The average molecular weight is 550 g/mol. The fourth-order valence-electron chi connectivity index (χ4n) is 4.04. The number of carbonyl (C=O) groups is 1. The number of alkyl halides is 3. The molecule has 3 heterocycles. The number of hydrogen-bond donors (Lipinski definition) is 2. The first-order valence-electron chi connectivity index (χ1n) is 11.4. The zero-order valence-electron chi connectivity index (χ0n) is 20.5. The van der Waals surface area contributed by atoms with Crippen LogP contribution in [0.15, 0.2) is 53.7 Å². The Labute approximate surface area is 215 Å². The second kappa shape index (κ2) is 9.80. The molecule has 13 heteroatoms. The standard InChI is InChI=1S/C25H23F4N5O3S/c1-4-15-10-20-17(11-18(15)26)22(24(30)35)23(34(20)21-9-13(2)7-8-31-21)19-6-5-16(12-32-19)38(36,37)33-14(3)25(27,28)29/h5-12,14,33H,4H2,1-3H3,(H2,30,35)/t14-/m0/s1. The fraction of sp³-hybridized carbons (Fsp3) is 0.240. The summed E-state index contributed by atoms with van der Waals surface area (Å²) in [6.07, 6.45) is -2.00. The van der Waals surface area contributed by atoms with Gasteiger partial charge in [0.25, 0.3) is 5.91 Å². The molecule has 1 aromatic carbocycles. The summed E-state index contributed by atoms with van der Waals surface area (Å²) >= 11 is 0. The third-order valence-electron chi connectivity index (χ3n) is 6.00. The fourth-order valence-corrected chi connectivity index (χ4v) is 5.21. The maximum absolute atomic E-state index is 14.8. The number of sulfonamides is 1. The molecule has 1 amide bonds. The molecule has 3 N–H and O–H groups in total. The monoisotopic (exact) mass is 549 g/mol. The van der Waals surface area contributed by atoms with E-state index >= 15 is 0 Å². The minimum absolute atomic E-state index is 0.0691. The van der Waals surface area contributed by atoms with Gasteiger partial charge in [-0.3, -0.25) is 14.3 Å². The maximum Gasteiger partial charge on any atom is 0.404 e. The number of nitrogens with one attached hydrogen (secondary N) is 1. The van der Waals surface area contributed by atoms with E-state index in [4.69, 9.17) is 5.73 Å². The van der Waals surface area contributed by atoms with Gasteiger partial charge in [-0.2, -0.15) is 17.9 Å². The van der Waals surface area contributed by atoms with Gasteiger partial charge in [0.2, 0.25) is 10.0 Å². The molecule has 4 rings (SSSR count). The van der Waals surface area contributed by atoms with Crippen molar-refractivity contribution in [2.75, 3.05) is 0 Å². The predicted octanol–water partition coefficient (Wildman–Crippen LogP) is 4.43. The largest absolute Gasteiger partial charge is 0.404 e. The van der Waals surface area contributed by atoms with Crippen LogP contribution in [0.5, 0.6) is 0 Å². The van der Waals surface area contributed by atoms with Gasteiger partial charge < -0.3 is 5.73 Å². The second-order valence-electron chi connectivity index (χ2n) is 8.69. The molecule has 0 saturated heterocycles. The summed E-state index contributed by atoms with van der Waals surface area (Å²) in [5.74, 6) is -1.06. The van der Waals surface area contributed by atoms with E-state index in [0.717, 1.165) is 17.8 Å². The Balaban J connectivity index is 1.97. The number of rotatable bonds is 7. The molecular weight excluding hydrogens is 526 g/mol. The predicted molar refractivity (Wildman–Crippen MR) is 133 cm³/mol. The molecule has 0 saturated carbocycles. The third-order valence-corrected chi connectivity index (χ3v) is 7.53. The molecule has 4 aromatic rings. The van der Waals surface area contributed by atoms with Crippen molar-refractivity contribution in [1.82, 2.24) is 19.3 Å². The molecule has 0 aliphatic carbocycles. The van der Waals surface area contributed by atoms with E-state index in [-0.39, 0.29) is 22.3 Å². The molecule has 200 valence electrons. The first kappa shape index (κ1) is 27.2. The summed E-state index contributed by atoms with van der Waals surface area (Å²) in [6, 6.07) is 6.22. The summed E-state index contributed by atoms with van der Waals surface area (Å²) in [5.41, 5.74) is 7.47. The van der Waals surface area contributed by atoms with Crippen LogP contribution < -0.4 is 10.5 Å². The van der Waals surface area contributed by atoms with E-state index in [2.05, 4.69) is 9.97 Å². The van der Waals surface area contributed by atoms with Gasteiger partial charge in [-0.25, -0.2) is 17.8 Å². The van der Waals surface area contributed by atoms with E-state index in [1.807, 2.05) is 6.92 Å². The number of benzene rings is 1. The van der Waals surface area contributed by atoms with Gasteiger partial charge in [0.05, 0.1) is 22.5 Å². The SMILES string of the molecule is CCc1cc2c(cc1F)c(C(N)=O)c(-c1ccc(S(=O)(=O)N[C@@H](C)C(F)(F)F)cn1)n2-c1cc(C)ccn1. The van der Waals surface area contributed by atoms with Gasteiger partial charge in [0.1, 0.15) is 22.6 Å². The number of aromatic nitrogens is 3. The smallest absolute Gasteiger partial charge is 0.366 e. The maximum atomic E-state index is 14.8. The number of nitrogens with two attached hydrogens (primary N) is 1. The summed E-state index contributed by atoms with van der Waals surface area (Å²) < 4.78 is 81.6. The van der Waals surface area contributed by atoms with Crippen LogP contribution in [-0.2, 0) is 16.4 Å². The molecule has 8 nitrogen and oxygen atoms in total. The van der Waals surface area contributed by atoms with Crippen LogP contribution >= 0.6 is 0 Å².